The van der Waals surface area contributed by atoms with Crippen LogP contribution in [-0.2, 0) is 18.8 Å². The normalized spacial score (nSPS) is 25.2. The summed E-state index contributed by atoms with van der Waals surface area (Å²) in [6, 6.07) is 0. The molecule has 0 spiro atoms. The molecule has 0 amide bonds. The quantitative estimate of drug-likeness (QED) is 0.452. The zero-order valence-electron chi connectivity index (χ0n) is 11.8. The van der Waals surface area contributed by atoms with Crippen LogP contribution in [0.25, 0.3) is 0 Å². The molecule has 0 aromatic heterocycles. The van der Waals surface area contributed by atoms with Crippen molar-refractivity contribution >= 4 is 19.5 Å². The van der Waals surface area contributed by atoms with Gasteiger partial charge in [-0.1, -0.05) is 30.1 Å². The maximum atomic E-state index is 12.3. The number of aliphatic imine (C=N–C) groups is 1. The van der Waals surface area contributed by atoms with Crippen molar-refractivity contribution in [2.45, 2.75) is 45.4 Å². The van der Waals surface area contributed by atoms with E-state index >= 15 is 0 Å². The first-order valence-corrected chi connectivity index (χ1v) is 8.24. The van der Waals surface area contributed by atoms with Crippen LogP contribution in [0.1, 0.15) is 39.5 Å². The Labute approximate surface area is 119 Å². The summed E-state index contributed by atoms with van der Waals surface area (Å²) in [4.78, 5) is 16.2. The van der Waals surface area contributed by atoms with Gasteiger partial charge in [-0.05, 0) is 13.3 Å². The second-order valence-corrected chi connectivity index (χ2v) is 6.27. The van der Waals surface area contributed by atoms with Crippen molar-refractivity contribution in [3.8, 4) is 0 Å². The highest BCUT2D eigenvalue weighted by Crippen LogP contribution is 2.50. The third kappa shape index (κ3) is 3.15. The average Bonchev–Trinajstić information content (AvgIpc) is 2.68. The zero-order valence-corrected chi connectivity index (χ0v) is 12.7. The number of carbonyl (C=O) groups excluding carboxylic acids is 1. The fourth-order valence-corrected chi connectivity index (χ4v) is 3.45. The van der Waals surface area contributed by atoms with Gasteiger partial charge >= 0.3 is 19.6 Å². The van der Waals surface area contributed by atoms with Crippen molar-refractivity contribution in [1.82, 2.24) is 0 Å². The first kappa shape index (κ1) is 14.9. The fraction of sp³-hybridized carbons (Fsp3) is 0.571. The molecule has 0 N–H and O–H groups in total. The third-order valence-electron chi connectivity index (χ3n) is 3.07. The van der Waals surface area contributed by atoms with E-state index in [-0.39, 0.29) is 6.61 Å². The molecule has 6 heteroatoms. The van der Waals surface area contributed by atoms with E-state index in [0.29, 0.717) is 17.6 Å². The minimum Gasteiger partial charge on any atom is -0.460 e. The molecule has 0 fully saturated rings. The number of esters is 1. The highest BCUT2D eigenvalue weighted by atomic mass is 31.1. The van der Waals surface area contributed by atoms with Crippen LogP contribution in [0.3, 0.4) is 0 Å². The molecule has 2 unspecified atom stereocenters. The van der Waals surface area contributed by atoms with E-state index < -0.39 is 19.6 Å². The SMILES string of the molecule is CCCC1=NC2=C(C/C=C\C1)[P+](=O)C(C(=O)OCC)O2. The molecule has 0 bridgehead atoms. The highest BCUT2D eigenvalue weighted by molar-refractivity contribution is 7.51. The second kappa shape index (κ2) is 6.80. The van der Waals surface area contributed by atoms with E-state index in [0.717, 1.165) is 25.0 Å². The molecular formula is C14H19NO4P+. The van der Waals surface area contributed by atoms with E-state index in [1.54, 1.807) is 6.92 Å². The summed E-state index contributed by atoms with van der Waals surface area (Å²) in [6.45, 7) is 4.04. The van der Waals surface area contributed by atoms with Gasteiger partial charge in [0.25, 0.3) is 5.88 Å². The lowest BCUT2D eigenvalue weighted by Crippen LogP contribution is -2.20. The molecule has 5 nitrogen and oxygen atoms in total. The second-order valence-electron chi connectivity index (χ2n) is 4.61. The Balaban J connectivity index is 2.24. The standard InChI is InChI=1S/C14H19NO4P/c1-3-7-10-8-5-6-9-11-12(15-10)19-14(20(11)17)13(16)18-4-2/h5-6,14H,3-4,7-9H2,1-2H3/q+1/b6-5-,15-10?. The predicted molar refractivity (Wildman–Crippen MR) is 76.9 cm³/mol. The molecule has 0 aromatic carbocycles. The number of rotatable bonds is 4. The van der Waals surface area contributed by atoms with Crippen LogP contribution in [0.4, 0.5) is 0 Å². The first-order chi connectivity index (χ1) is 9.67. The Morgan fingerprint density at radius 3 is 2.90 bits per heavy atom. The lowest BCUT2D eigenvalue weighted by atomic mass is 10.1. The van der Waals surface area contributed by atoms with Gasteiger partial charge in [0.1, 0.15) is 0 Å². The van der Waals surface area contributed by atoms with E-state index in [4.69, 9.17) is 9.47 Å². The topological polar surface area (TPSA) is 65.0 Å². The molecule has 0 saturated carbocycles. The summed E-state index contributed by atoms with van der Waals surface area (Å²) in [7, 11) is -1.92. The van der Waals surface area contributed by atoms with Crippen molar-refractivity contribution < 1.29 is 18.8 Å². The van der Waals surface area contributed by atoms with Gasteiger partial charge in [-0.3, -0.25) is 0 Å². The number of carbonyl (C=O) groups is 1. The molecule has 108 valence electrons. The number of hydrogen-bond acceptors (Lipinski definition) is 5. The van der Waals surface area contributed by atoms with Crippen molar-refractivity contribution in [2.24, 2.45) is 4.99 Å². The Morgan fingerprint density at radius 1 is 1.45 bits per heavy atom. The lowest BCUT2D eigenvalue weighted by molar-refractivity contribution is -0.149. The largest absolute Gasteiger partial charge is 0.460 e. The van der Waals surface area contributed by atoms with Crippen LogP contribution < -0.4 is 0 Å². The minimum atomic E-state index is -1.92. The van der Waals surface area contributed by atoms with Gasteiger partial charge in [-0.2, -0.15) is 0 Å². The van der Waals surface area contributed by atoms with Crippen molar-refractivity contribution in [3.63, 3.8) is 0 Å². The van der Waals surface area contributed by atoms with Crippen LogP contribution in [0.15, 0.2) is 28.3 Å². The van der Waals surface area contributed by atoms with Crippen LogP contribution in [0.5, 0.6) is 0 Å². The molecule has 2 rings (SSSR count). The summed E-state index contributed by atoms with van der Waals surface area (Å²) in [5, 5.41) is 0.614. The minimum absolute atomic E-state index is 0.247. The number of hydrogen-bond donors (Lipinski definition) is 0. The summed E-state index contributed by atoms with van der Waals surface area (Å²) >= 11 is 0. The smallest absolute Gasteiger partial charge is 0.435 e. The van der Waals surface area contributed by atoms with Crippen LogP contribution in [0.2, 0.25) is 0 Å². The Bertz CT molecular complexity index is 507. The van der Waals surface area contributed by atoms with Gasteiger partial charge in [0.2, 0.25) is 5.31 Å². The van der Waals surface area contributed by atoms with Gasteiger partial charge in [0.15, 0.2) is 0 Å². The number of ether oxygens (including phenoxy) is 2. The van der Waals surface area contributed by atoms with E-state index in [9.17, 15) is 9.36 Å². The van der Waals surface area contributed by atoms with Crippen LogP contribution >= 0.6 is 7.80 Å². The molecule has 20 heavy (non-hydrogen) atoms. The Kier molecular flexibility index (Phi) is 5.07. The summed E-state index contributed by atoms with van der Waals surface area (Å²) < 4.78 is 22.7. The molecule has 2 aliphatic heterocycles. The average molecular weight is 296 g/mol. The molecule has 0 radical (unpaired) electrons. The molecule has 2 aliphatic rings. The van der Waals surface area contributed by atoms with Crippen LogP contribution in [-0.4, -0.2) is 24.1 Å². The van der Waals surface area contributed by atoms with Gasteiger partial charge in [0.05, 0.1) is 6.61 Å². The van der Waals surface area contributed by atoms with Gasteiger partial charge in [-0.15, -0.1) is 0 Å². The zero-order chi connectivity index (χ0) is 14.5. The monoisotopic (exact) mass is 296 g/mol. The number of nitrogens with zero attached hydrogens (tertiary/aromatic N) is 1. The fourth-order valence-electron chi connectivity index (χ4n) is 2.13. The summed E-state index contributed by atoms with van der Waals surface area (Å²) in [5.74, 6) is -1.25. The Morgan fingerprint density at radius 2 is 2.20 bits per heavy atom. The molecule has 2 atom stereocenters. The Hall–Kier alpha value is -1.48. The van der Waals surface area contributed by atoms with Gasteiger partial charge in [-0.25, -0.2) is 9.79 Å². The molecule has 0 aliphatic carbocycles. The van der Waals surface area contributed by atoms with Gasteiger partial charge in [0, 0.05) is 18.6 Å². The molecule has 0 aromatic rings. The molecular weight excluding hydrogens is 277 g/mol. The third-order valence-corrected chi connectivity index (χ3v) is 4.72. The van der Waals surface area contributed by atoms with E-state index in [2.05, 4.69) is 11.9 Å². The summed E-state index contributed by atoms with van der Waals surface area (Å²) in [5.41, 5.74) is 0.990. The predicted octanol–water partition coefficient (Wildman–Crippen LogP) is 3.49. The maximum Gasteiger partial charge on any atom is 0.435 e. The van der Waals surface area contributed by atoms with Gasteiger partial charge < -0.3 is 9.47 Å². The first-order valence-electron chi connectivity index (χ1n) is 6.91. The molecule has 0 saturated heterocycles. The highest BCUT2D eigenvalue weighted by Gasteiger charge is 2.52. The van der Waals surface area contributed by atoms with Crippen molar-refractivity contribution in [3.05, 3.63) is 23.3 Å². The number of allylic oxidation sites excluding steroid dienone is 3. The maximum absolute atomic E-state index is 12.3. The lowest BCUT2D eigenvalue weighted by Gasteiger charge is -2.06. The van der Waals surface area contributed by atoms with Crippen molar-refractivity contribution in [1.29, 1.82) is 0 Å². The molecule has 2 heterocycles. The summed E-state index contributed by atoms with van der Waals surface area (Å²) in [6.07, 6.45) is 7.13. The van der Waals surface area contributed by atoms with E-state index in [1.165, 1.54) is 0 Å². The van der Waals surface area contributed by atoms with Crippen LogP contribution in [0, 0.1) is 0 Å². The van der Waals surface area contributed by atoms with Crippen molar-refractivity contribution in [2.75, 3.05) is 6.61 Å². The van der Waals surface area contributed by atoms with E-state index in [1.807, 2.05) is 12.2 Å².